The maximum absolute atomic E-state index is 12.7. The fourth-order valence-electron chi connectivity index (χ4n) is 1.85. The van der Waals surface area contributed by atoms with Crippen molar-refractivity contribution in [3.05, 3.63) is 47.3 Å². The van der Waals surface area contributed by atoms with Crippen LogP contribution in [-0.2, 0) is 4.79 Å². The number of rotatable bonds is 4. The molecule has 1 aliphatic rings. The molecule has 5 nitrogen and oxygen atoms in total. The third-order valence-electron chi connectivity index (χ3n) is 2.76. The number of benzene rings is 1. The standard InChI is InChI=1S/C13H10FNO4/c14-10(13(18)19)6-3-7-15-11(16)8-4-1-2-5-9(8)12(15)17/h1-2,4-6H,3,7H2,(H,18,19). The molecular formula is C13H10FNO4. The van der Waals surface area contributed by atoms with Gasteiger partial charge in [0.15, 0.2) is 0 Å². The summed E-state index contributed by atoms with van der Waals surface area (Å²) in [5.74, 6) is -3.84. The van der Waals surface area contributed by atoms with E-state index >= 15 is 0 Å². The average Bonchev–Trinajstić information content (AvgIpc) is 2.64. The normalized spacial score (nSPS) is 14.8. The lowest BCUT2D eigenvalue weighted by Crippen LogP contribution is -2.30. The van der Waals surface area contributed by atoms with Gasteiger partial charge < -0.3 is 5.11 Å². The van der Waals surface area contributed by atoms with E-state index < -0.39 is 23.6 Å². The van der Waals surface area contributed by atoms with E-state index in [1.165, 1.54) is 0 Å². The molecule has 0 fully saturated rings. The Kier molecular flexibility index (Phi) is 3.41. The van der Waals surface area contributed by atoms with Gasteiger partial charge >= 0.3 is 5.97 Å². The van der Waals surface area contributed by atoms with Crippen LogP contribution in [0.3, 0.4) is 0 Å². The van der Waals surface area contributed by atoms with Crippen LogP contribution in [0.1, 0.15) is 27.1 Å². The second-order valence-corrected chi connectivity index (χ2v) is 3.95. The molecule has 0 saturated carbocycles. The van der Waals surface area contributed by atoms with E-state index in [0.717, 1.165) is 11.0 Å². The number of aliphatic carboxylic acids is 1. The molecule has 19 heavy (non-hydrogen) atoms. The largest absolute Gasteiger partial charge is 0.476 e. The number of halogens is 1. The first-order chi connectivity index (χ1) is 9.02. The maximum Gasteiger partial charge on any atom is 0.364 e. The quantitative estimate of drug-likeness (QED) is 0.661. The van der Waals surface area contributed by atoms with Crippen LogP contribution in [0.5, 0.6) is 0 Å². The summed E-state index contributed by atoms with van der Waals surface area (Å²) in [6, 6.07) is 6.39. The Morgan fingerprint density at radius 1 is 1.21 bits per heavy atom. The van der Waals surface area contributed by atoms with E-state index in [9.17, 15) is 18.8 Å². The van der Waals surface area contributed by atoms with Crippen molar-refractivity contribution >= 4 is 17.8 Å². The number of fused-ring (bicyclic) bond motifs is 1. The molecule has 2 amide bonds. The number of amides is 2. The highest BCUT2D eigenvalue weighted by Crippen LogP contribution is 2.22. The van der Waals surface area contributed by atoms with E-state index in [0.29, 0.717) is 11.1 Å². The van der Waals surface area contributed by atoms with Gasteiger partial charge in [0.25, 0.3) is 11.8 Å². The summed E-state index contributed by atoms with van der Waals surface area (Å²) in [5.41, 5.74) is 0.630. The first-order valence-electron chi connectivity index (χ1n) is 5.56. The molecule has 1 aromatic rings. The summed E-state index contributed by atoms with van der Waals surface area (Å²) < 4.78 is 12.7. The Hall–Kier alpha value is -2.50. The predicted octanol–water partition coefficient (Wildman–Crippen LogP) is 1.61. The molecule has 6 heteroatoms. The number of carbonyl (C=O) groups excluding carboxylic acids is 2. The van der Waals surface area contributed by atoms with Gasteiger partial charge in [-0.1, -0.05) is 12.1 Å². The zero-order valence-electron chi connectivity index (χ0n) is 9.80. The van der Waals surface area contributed by atoms with Crippen molar-refractivity contribution in [2.45, 2.75) is 6.42 Å². The highest BCUT2D eigenvalue weighted by Gasteiger charge is 2.34. The first kappa shape index (κ1) is 12.9. The summed E-state index contributed by atoms with van der Waals surface area (Å²) in [4.78, 5) is 35.0. The molecule has 1 aliphatic heterocycles. The number of carboxylic acids is 1. The second-order valence-electron chi connectivity index (χ2n) is 3.95. The Labute approximate surface area is 107 Å². The SMILES string of the molecule is O=C(O)C(F)=CCCN1C(=O)c2ccccc2C1=O. The molecule has 0 atom stereocenters. The summed E-state index contributed by atoms with van der Waals surface area (Å²) in [7, 11) is 0. The van der Waals surface area contributed by atoms with Gasteiger partial charge in [0.2, 0.25) is 5.83 Å². The third-order valence-corrected chi connectivity index (χ3v) is 2.76. The zero-order valence-corrected chi connectivity index (χ0v) is 9.80. The molecule has 1 aromatic carbocycles. The van der Waals surface area contributed by atoms with Crippen LogP contribution in [0, 0.1) is 0 Å². The number of imide groups is 1. The van der Waals surface area contributed by atoms with E-state index in [-0.39, 0.29) is 13.0 Å². The van der Waals surface area contributed by atoms with Crippen molar-refractivity contribution in [2.75, 3.05) is 6.54 Å². The molecule has 0 unspecified atom stereocenters. The van der Waals surface area contributed by atoms with E-state index in [1.54, 1.807) is 24.3 Å². The molecule has 0 bridgehead atoms. The summed E-state index contributed by atoms with van der Waals surface area (Å²) in [5, 5.41) is 8.33. The second kappa shape index (κ2) is 5.01. The molecule has 0 radical (unpaired) electrons. The first-order valence-corrected chi connectivity index (χ1v) is 5.56. The maximum atomic E-state index is 12.7. The minimum Gasteiger partial charge on any atom is -0.476 e. The minimum absolute atomic E-state index is 0.0381. The lowest BCUT2D eigenvalue weighted by molar-refractivity contribution is -0.134. The molecular weight excluding hydrogens is 253 g/mol. The fraction of sp³-hybridized carbons (Fsp3) is 0.154. The van der Waals surface area contributed by atoms with Crippen LogP contribution in [-0.4, -0.2) is 34.3 Å². The van der Waals surface area contributed by atoms with Gasteiger partial charge in [0.1, 0.15) is 0 Å². The van der Waals surface area contributed by atoms with Gasteiger partial charge in [-0.05, 0) is 24.6 Å². The van der Waals surface area contributed by atoms with Gasteiger partial charge in [-0.2, -0.15) is 4.39 Å². The van der Waals surface area contributed by atoms with Gasteiger partial charge in [0, 0.05) is 6.54 Å². The van der Waals surface area contributed by atoms with Gasteiger partial charge in [-0.15, -0.1) is 0 Å². The Balaban J connectivity index is 2.09. The van der Waals surface area contributed by atoms with Crippen molar-refractivity contribution < 1.29 is 23.9 Å². The number of hydrogen-bond acceptors (Lipinski definition) is 3. The van der Waals surface area contributed by atoms with Crippen molar-refractivity contribution in [1.29, 1.82) is 0 Å². The molecule has 1 N–H and O–H groups in total. The van der Waals surface area contributed by atoms with Crippen molar-refractivity contribution in [3.8, 4) is 0 Å². The number of carbonyl (C=O) groups is 3. The Morgan fingerprint density at radius 3 is 2.21 bits per heavy atom. The number of hydrogen-bond donors (Lipinski definition) is 1. The molecule has 0 aliphatic carbocycles. The van der Waals surface area contributed by atoms with Crippen LogP contribution < -0.4 is 0 Å². The molecule has 2 rings (SSSR count). The van der Waals surface area contributed by atoms with Gasteiger partial charge in [-0.25, -0.2) is 4.79 Å². The van der Waals surface area contributed by atoms with E-state index in [1.807, 2.05) is 0 Å². The van der Waals surface area contributed by atoms with Crippen LogP contribution in [0.25, 0.3) is 0 Å². The van der Waals surface area contributed by atoms with Crippen molar-refractivity contribution in [1.82, 2.24) is 4.90 Å². The van der Waals surface area contributed by atoms with Crippen LogP contribution in [0.4, 0.5) is 4.39 Å². The summed E-state index contributed by atoms with van der Waals surface area (Å²) in [6.45, 7) is -0.0486. The highest BCUT2D eigenvalue weighted by atomic mass is 19.1. The fourth-order valence-corrected chi connectivity index (χ4v) is 1.85. The van der Waals surface area contributed by atoms with Crippen LogP contribution in [0.15, 0.2) is 36.2 Å². The van der Waals surface area contributed by atoms with E-state index in [2.05, 4.69) is 0 Å². The molecule has 0 spiro atoms. The Morgan fingerprint density at radius 2 is 1.74 bits per heavy atom. The lowest BCUT2D eigenvalue weighted by Gasteiger charge is -2.11. The van der Waals surface area contributed by atoms with Gasteiger partial charge in [0.05, 0.1) is 11.1 Å². The lowest BCUT2D eigenvalue weighted by atomic mass is 10.1. The average molecular weight is 263 g/mol. The predicted molar refractivity (Wildman–Crippen MR) is 63.3 cm³/mol. The minimum atomic E-state index is -1.66. The molecule has 98 valence electrons. The number of carboxylic acid groups (broad SMARTS) is 1. The Bertz CT molecular complexity index is 559. The molecule has 0 aromatic heterocycles. The topological polar surface area (TPSA) is 74.7 Å². The summed E-state index contributed by atoms with van der Waals surface area (Å²) in [6.07, 6.45) is 0.801. The number of nitrogens with zero attached hydrogens (tertiary/aromatic N) is 1. The zero-order chi connectivity index (χ0) is 14.0. The van der Waals surface area contributed by atoms with Crippen LogP contribution >= 0.6 is 0 Å². The molecule has 1 heterocycles. The van der Waals surface area contributed by atoms with E-state index in [4.69, 9.17) is 5.11 Å². The molecule has 0 saturated heterocycles. The monoisotopic (exact) mass is 263 g/mol. The van der Waals surface area contributed by atoms with Crippen molar-refractivity contribution in [2.24, 2.45) is 0 Å². The van der Waals surface area contributed by atoms with Gasteiger partial charge in [-0.3, -0.25) is 14.5 Å². The van der Waals surface area contributed by atoms with Crippen LogP contribution in [0.2, 0.25) is 0 Å². The highest BCUT2D eigenvalue weighted by molar-refractivity contribution is 6.21. The summed E-state index contributed by atoms with van der Waals surface area (Å²) >= 11 is 0. The van der Waals surface area contributed by atoms with Crippen molar-refractivity contribution in [3.63, 3.8) is 0 Å². The third kappa shape index (κ3) is 2.37. The smallest absolute Gasteiger partial charge is 0.364 e.